The molecule has 0 unspecified atom stereocenters. The van der Waals surface area contributed by atoms with Gasteiger partial charge in [-0.25, -0.2) is 8.78 Å². The number of nitriles is 1. The molecule has 0 saturated carbocycles. The largest absolute Gasteiger partial charge is 0.304 e. The number of likely N-dealkylation sites (tertiary alicyclic amines) is 1. The van der Waals surface area contributed by atoms with Crippen molar-refractivity contribution in [3.63, 3.8) is 0 Å². The maximum atomic E-state index is 15.2. The molecule has 0 spiro atoms. The van der Waals surface area contributed by atoms with Crippen LogP contribution in [0.1, 0.15) is 30.7 Å². The Morgan fingerprint density at radius 2 is 2.12 bits per heavy atom. The van der Waals surface area contributed by atoms with Gasteiger partial charge in [0.1, 0.15) is 23.5 Å². The van der Waals surface area contributed by atoms with Crippen molar-refractivity contribution < 1.29 is 13.6 Å². The molecule has 0 aliphatic carbocycles. The number of hydrogen-bond donors (Lipinski definition) is 1. The monoisotopic (exact) mass is 373 g/mol. The summed E-state index contributed by atoms with van der Waals surface area (Å²) in [5.74, 6) is -1.68. The zero-order chi connectivity index (χ0) is 19.2. The van der Waals surface area contributed by atoms with Crippen LogP contribution in [-0.4, -0.2) is 23.7 Å². The topological polar surface area (TPSA) is 68.0 Å². The van der Waals surface area contributed by atoms with Gasteiger partial charge in [0.2, 0.25) is 5.91 Å². The first-order valence-corrected chi connectivity index (χ1v) is 8.91. The van der Waals surface area contributed by atoms with Crippen molar-refractivity contribution in [3.8, 4) is 17.2 Å². The van der Waals surface area contributed by atoms with E-state index >= 15 is 4.39 Å². The van der Waals surface area contributed by atoms with Crippen LogP contribution >= 0.6 is 11.3 Å². The average molecular weight is 373 g/mol. The molecule has 1 N–H and O–H groups in total. The highest BCUT2D eigenvalue weighted by molar-refractivity contribution is 7.10. The van der Waals surface area contributed by atoms with E-state index in [9.17, 15) is 9.18 Å². The number of nitrogens with one attached hydrogen (secondary N) is 1. The fourth-order valence-corrected chi connectivity index (χ4v) is 4.50. The number of rotatable bonds is 2. The first kappa shape index (κ1) is 18.2. The number of halogens is 2. The standard InChI is InChI=1S/C19H17F2N3OS/c1-10-18(25)24(3)15(23)7-19(10,2)17-16(21)13(9-26-17)11-4-5-14(20)12(6-11)8-22/h4-6,9-10,23H,7H2,1-3H3/t10-,19-/m0/s1. The van der Waals surface area contributed by atoms with Gasteiger partial charge < -0.3 is 4.90 Å². The molecule has 4 nitrogen and oxygen atoms in total. The van der Waals surface area contributed by atoms with Crippen molar-refractivity contribution in [3.05, 3.63) is 45.7 Å². The Labute approximate surface area is 154 Å². The Hall–Kier alpha value is -2.59. The molecule has 1 aliphatic heterocycles. The minimum atomic E-state index is -0.828. The molecular formula is C19H17F2N3OS. The maximum absolute atomic E-state index is 15.2. The SMILES string of the molecule is C[C@H]1C(=O)N(C)C(=N)C[C@]1(C)c1scc(-c2ccc(F)c(C#N)c2)c1F. The van der Waals surface area contributed by atoms with E-state index in [4.69, 9.17) is 10.7 Å². The van der Waals surface area contributed by atoms with Crippen LogP contribution in [0, 0.1) is 34.3 Å². The molecule has 2 heterocycles. The number of carbonyl (C=O) groups excluding carboxylic acids is 1. The number of hydrogen-bond acceptors (Lipinski definition) is 4. The lowest BCUT2D eigenvalue weighted by Crippen LogP contribution is -2.52. The van der Waals surface area contributed by atoms with Crippen molar-refractivity contribution in [2.75, 3.05) is 7.05 Å². The van der Waals surface area contributed by atoms with Crippen LogP contribution in [0.5, 0.6) is 0 Å². The second-order valence-corrected chi connectivity index (χ2v) is 7.64. The molecule has 1 aliphatic rings. The Bertz CT molecular complexity index is 962. The average Bonchev–Trinajstić information content (AvgIpc) is 3.01. The highest BCUT2D eigenvalue weighted by atomic mass is 32.1. The van der Waals surface area contributed by atoms with Crippen LogP contribution in [0.3, 0.4) is 0 Å². The molecule has 2 aromatic rings. The Balaban J connectivity index is 2.08. The van der Waals surface area contributed by atoms with Crippen LogP contribution in [0.15, 0.2) is 23.6 Å². The van der Waals surface area contributed by atoms with E-state index in [-0.39, 0.29) is 29.3 Å². The summed E-state index contributed by atoms with van der Waals surface area (Å²) in [6, 6.07) is 5.64. The number of piperidine rings is 1. The zero-order valence-electron chi connectivity index (χ0n) is 14.6. The molecule has 1 aromatic carbocycles. The third-order valence-electron chi connectivity index (χ3n) is 5.24. The number of carbonyl (C=O) groups is 1. The van der Waals surface area contributed by atoms with Gasteiger partial charge in [0.15, 0.2) is 0 Å². The van der Waals surface area contributed by atoms with E-state index < -0.39 is 23.0 Å². The van der Waals surface area contributed by atoms with E-state index in [0.717, 1.165) is 6.07 Å². The second kappa shape index (κ2) is 6.29. The molecule has 1 saturated heterocycles. The summed E-state index contributed by atoms with van der Waals surface area (Å²) >= 11 is 1.18. The first-order valence-electron chi connectivity index (χ1n) is 8.03. The summed E-state index contributed by atoms with van der Waals surface area (Å²) in [5.41, 5.74) is -0.293. The van der Waals surface area contributed by atoms with Gasteiger partial charge >= 0.3 is 0 Å². The predicted molar refractivity (Wildman–Crippen MR) is 96.0 cm³/mol. The number of thiophene rings is 1. The lowest BCUT2D eigenvalue weighted by Gasteiger charge is -2.42. The van der Waals surface area contributed by atoms with Gasteiger partial charge in [0.25, 0.3) is 0 Å². The maximum Gasteiger partial charge on any atom is 0.231 e. The van der Waals surface area contributed by atoms with Gasteiger partial charge in [-0.2, -0.15) is 5.26 Å². The van der Waals surface area contributed by atoms with E-state index in [1.54, 1.807) is 32.3 Å². The minimum absolute atomic E-state index is 0.148. The fraction of sp³-hybridized carbons (Fsp3) is 0.316. The fourth-order valence-electron chi connectivity index (χ4n) is 3.29. The molecule has 1 aromatic heterocycles. The molecule has 1 amide bonds. The summed E-state index contributed by atoms with van der Waals surface area (Å²) in [6.45, 7) is 3.54. The van der Waals surface area contributed by atoms with Crippen LogP contribution in [0.2, 0.25) is 0 Å². The molecule has 26 heavy (non-hydrogen) atoms. The molecular weight excluding hydrogens is 356 g/mol. The van der Waals surface area contributed by atoms with Gasteiger partial charge in [-0.05, 0) is 17.7 Å². The highest BCUT2D eigenvalue weighted by Crippen LogP contribution is 2.46. The van der Waals surface area contributed by atoms with E-state index in [1.807, 2.05) is 0 Å². The van der Waals surface area contributed by atoms with Crippen molar-refractivity contribution in [2.45, 2.75) is 25.7 Å². The quantitative estimate of drug-likeness (QED) is 0.853. The van der Waals surface area contributed by atoms with Gasteiger partial charge in [-0.1, -0.05) is 19.9 Å². The smallest absolute Gasteiger partial charge is 0.231 e. The van der Waals surface area contributed by atoms with E-state index in [1.165, 1.54) is 28.4 Å². The third kappa shape index (κ3) is 2.61. The van der Waals surface area contributed by atoms with Crippen LogP contribution in [0.25, 0.3) is 11.1 Å². The second-order valence-electron chi connectivity index (χ2n) is 6.76. The first-order chi connectivity index (χ1) is 12.2. The summed E-state index contributed by atoms with van der Waals surface area (Å²) in [6.07, 6.45) is 0.250. The van der Waals surface area contributed by atoms with Gasteiger partial charge in [-0.3, -0.25) is 10.2 Å². The van der Waals surface area contributed by atoms with Crippen LogP contribution in [-0.2, 0) is 10.2 Å². The minimum Gasteiger partial charge on any atom is -0.304 e. The lowest BCUT2D eigenvalue weighted by molar-refractivity contribution is -0.133. The Morgan fingerprint density at radius 3 is 2.77 bits per heavy atom. The molecule has 1 fully saturated rings. The van der Waals surface area contributed by atoms with Crippen LogP contribution in [0.4, 0.5) is 8.78 Å². The summed E-state index contributed by atoms with van der Waals surface area (Å²) < 4.78 is 28.8. The Morgan fingerprint density at radius 1 is 1.42 bits per heavy atom. The normalized spacial score (nSPS) is 23.2. The Kier molecular flexibility index (Phi) is 4.41. The highest BCUT2D eigenvalue weighted by Gasteiger charge is 2.47. The van der Waals surface area contributed by atoms with Crippen molar-refractivity contribution in [1.82, 2.24) is 4.90 Å². The van der Waals surface area contributed by atoms with Gasteiger partial charge in [-0.15, -0.1) is 11.3 Å². The summed E-state index contributed by atoms with van der Waals surface area (Å²) in [4.78, 5) is 14.1. The number of nitrogens with zero attached hydrogens (tertiary/aromatic N) is 2. The number of benzene rings is 1. The van der Waals surface area contributed by atoms with Gasteiger partial charge in [0, 0.05) is 40.6 Å². The number of amidine groups is 1. The molecule has 134 valence electrons. The summed E-state index contributed by atoms with van der Waals surface area (Å²) in [5, 5.41) is 18.6. The third-order valence-corrected chi connectivity index (χ3v) is 6.48. The van der Waals surface area contributed by atoms with Crippen molar-refractivity contribution >= 4 is 23.1 Å². The predicted octanol–water partition coefficient (Wildman–Crippen LogP) is 4.30. The van der Waals surface area contributed by atoms with Crippen molar-refractivity contribution in [2.24, 2.45) is 5.92 Å². The molecule has 0 bridgehead atoms. The molecule has 3 rings (SSSR count). The number of amides is 1. The van der Waals surface area contributed by atoms with Crippen molar-refractivity contribution in [1.29, 1.82) is 10.7 Å². The zero-order valence-corrected chi connectivity index (χ0v) is 15.4. The van der Waals surface area contributed by atoms with E-state index in [2.05, 4.69) is 0 Å². The van der Waals surface area contributed by atoms with E-state index in [0.29, 0.717) is 10.4 Å². The molecule has 0 radical (unpaired) electrons. The molecule has 2 atom stereocenters. The van der Waals surface area contributed by atoms with Crippen LogP contribution < -0.4 is 0 Å². The van der Waals surface area contributed by atoms with Gasteiger partial charge in [0.05, 0.1) is 5.56 Å². The summed E-state index contributed by atoms with van der Waals surface area (Å²) in [7, 11) is 1.55. The lowest BCUT2D eigenvalue weighted by atomic mass is 9.70. The molecule has 7 heteroatoms.